The first kappa shape index (κ1) is 18.2. The van der Waals surface area contributed by atoms with Gasteiger partial charge in [0, 0.05) is 11.3 Å². The molecule has 8 heteroatoms. The summed E-state index contributed by atoms with van der Waals surface area (Å²) in [5, 5.41) is 21.9. The van der Waals surface area contributed by atoms with Crippen LogP contribution in [0.2, 0.25) is 0 Å². The number of amides is 1. The molecule has 0 atom stereocenters. The molecule has 0 aliphatic carbocycles. The van der Waals surface area contributed by atoms with E-state index in [2.05, 4.69) is 10.7 Å². The molecule has 0 aliphatic heterocycles. The molecule has 8 nitrogen and oxygen atoms in total. The maximum absolute atomic E-state index is 12.8. The summed E-state index contributed by atoms with van der Waals surface area (Å²) in [5.74, 6) is -0.889. The van der Waals surface area contributed by atoms with Crippen molar-refractivity contribution in [3.63, 3.8) is 0 Å². The molecule has 3 aromatic rings. The minimum absolute atomic E-state index is 0.0103. The molecule has 4 N–H and O–H groups in total. The number of nitrogens with two attached hydrogens (primary N) is 1. The standard InChI is InChI=1S/C20H14N6O2/c21-11-15-17(24-14-9-5-2-6-10-14)16(12-22)20(28)26(18(15)23)25-19(27)13-7-3-1-4-8-13/h1-10,24H,23H2,(H,25,27). The number of pyridine rings is 1. The average Bonchev–Trinajstić information content (AvgIpc) is 2.73. The third-order valence-corrected chi connectivity index (χ3v) is 3.93. The van der Waals surface area contributed by atoms with Gasteiger partial charge in [-0.15, -0.1) is 0 Å². The smallest absolute Gasteiger partial charge is 0.291 e. The zero-order valence-electron chi connectivity index (χ0n) is 14.5. The molecule has 0 spiro atoms. The molecule has 0 saturated heterocycles. The molecule has 0 aliphatic rings. The minimum Gasteiger partial charge on any atom is -0.382 e. The second kappa shape index (κ2) is 7.77. The maximum atomic E-state index is 12.8. The lowest BCUT2D eigenvalue weighted by atomic mass is 10.1. The van der Waals surface area contributed by atoms with Gasteiger partial charge in [0.25, 0.3) is 11.5 Å². The van der Waals surface area contributed by atoms with Gasteiger partial charge >= 0.3 is 0 Å². The van der Waals surface area contributed by atoms with E-state index in [1.807, 2.05) is 6.07 Å². The van der Waals surface area contributed by atoms with E-state index in [9.17, 15) is 20.1 Å². The lowest BCUT2D eigenvalue weighted by Gasteiger charge is -2.17. The molecule has 28 heavy (non-hydrogen) atoms. The molecule has 136 valence electrons. The van der Waals surface area contributed by atoms with E-state index in [1.165, 1.54) is 0 Å². The summed E-state index contributed by atoms with van der Waals surface area (Å²) in [6.45, 7) is 0. The van der Waals surface area contributed by atoms with Gasteiger partial charge < -0.3 is 11.1 Å². The van der Waals surface area contributed by atoms with E-state index in [0.717, 1.165) is 0 Å². The van der Waals surface area contributed by atoms with Crippen molar-refractivity contribution in [2.45, 2.75) is 0 Å². The predicted molar refractivity (Wildman–Crippen MR) is 104 cm³/mol. The number of hydrogen-bond acceptors (Lipinski definition) is 6. The SMILES string of the molecule is N#Cc1c(Nc2ccccc2)c(C#N)c(=O)n(NC(=O)c2ccccc2)c1N. The quantitative estimate of drug-likeness (QED) is 0.644. The Kier molecular flexibility index (Phi) is 5.06. The molecule has 0 unspecified atom stereocenters. The number of para-hydroxylation sites is 1. The van der Waals surface area contributed by atoms with Gasteiger partial charge in [0.15, 0.2) is 0 Å². The monoisotopic (exact) mass is 370 g/mol. The summed E-state index contributed by atoms with van der Waals surface area (Å²) >= 11 is 0. The Morgan fingerprint density at radius 2 is 1.50 bits per heavy atom. The van der Waals surface area contributed by atoms with E-state index in [1.54, 1.807) is 66.7 Å². The molecule has 0 saturated carbocycles. The highest BCUT2D eigenvalue weighted by atomic mass is 16.2. The summed E-state index contributed by atoms with van der Waals surface area (Å²) in [6.07, 6.45) is 0. The number of nitrogens with one attached hydrogen (secondary N) is 2. The van der Waals surface area contributed by atoms with Crippen molar-refractivity contribution in [3.8, 4) is 12.1 Å². The van der Waals surface area contributed by atoms with Crippen LogP contribution in [0.4, 0.5) is 17.2 Å². The number of rotatable bonds is 4. The van der Waals surface area contributed by atoms with Crippen molar-refractivity contribution in [1.82, 2.24) is 4.68 Å². The molecule has 1 heterocycles. The van der Waals surface area contributed by atoms with Crippen LogP contribution in [0.3, 0.4) is 0 Å². The second-order valence-corrected chi connectivity index (χ2v) is 5.67. The molecule has 0 radical (unpaired) electrons. The Balaban J connectivity index is 2.11. The first-order chi connectivity index (χ1) is 13.6. The number of carbonyl (C=O) groups is 1. The summed E-state index contributed by atoms with van der Waals surface area (Å²) in [7, 11) is 0. The number of benzene rings is 2. The summed E-state index contributed by atoms with van der Waals surface area (Å²) in [4.78, 5) is 25.1. The van der Waals surface area contributed by atoms with Crippen LogP contribution in [0, 0.1) is 22.7 Å². The minimum atomic E-state index is -0.846. The Bertz CT molecular complexity index is 1170. The Hall–Kier alpha value is -4.56. The van der Waals surface area contributed by atoms with E-state index in [0.29, 0.717) is 10.4 Å². The van der Waals surface area contributed by atoms with Crippen molar-refractivity contribution < 1.29 is 4.79 Å². The molecular weight excluding hydrogens is 356 g/mol. The van der Waals surface area contributed by atoms with Crippen molar-refractivity contribution in [1.29, 1.82) is 10.5 Å². The third-order valence-electron chi connectivity index (χ3n) is 3.93. The van der Waals surface area contributed by atoms with Gasteiger partial charge in [-0.25, -0.2) is 0 Å². The number of anilines is 3. The van der Waals surface area contributed by atoms with Gasteiger partial charge in [0.05, 0.1) is 5.69 Å². The van der Waals surface area contributed by atoms with Crippen molar-refractivity contribution >= 4 is 23.1 Å². The second-order valence-electron chi connectivity index (χ2n) is 5.67. The maximum Gasteiger partial charge on any atom is 0.291 e. The summed E-state index contributed by atoms with van der Waals surface area (Å²) < 4.78 is 0.711. The summed E-state index contributed by atoms with van der Waals surface area (Å²) in [6, 6.07) is 20.6. The van der Waals surface area contributed by atoms with Crippen LogP contribution < -0.4 is 22.0 Å². The zero-order chi connectivity index (χ0) is 20.1. The Morgan fingerprint density at radius 1 is 0.929 bits per heavy atom. The normalized spacial score (nSPS) is 9.79. The Morgan fingerprint density at radius 3 is 2.07 bits per heavy atom. The van der Waals surface area contributed by atoms with Gasteiger partial charge in [0.2, 0.25) is 0 Å². The van der Waals surface area contributed by atoms with Gasteiger partial charge in [0.1, 0.15) is 29.1 Å². The van der Waals surface area contributed by atoms with Crippen molar-refractivity contribution in [2.75, 3.05) is 16.5 Å². The number of aromatic nitrogens is 1. The fourth-order valence-electron chi connectivity index (χ4n) is 2.57. The lowest BCUT2D eigenvalue weighted by molar-refractivity contribution is 0.101. The molecular formula is C20H14N6O2. The van der Waals surface area contributed by atoms with E-state index in [4.69, 9.17) is 5.73 Å². The van der Waals surface area contributed by atoms with Gasteiger partial charge in [-0.05, 0) is 24.3 Å². The van der Waals surface area contributed by atoms with Crippen molar-refractivity contribution in [2.24, 2.45) is 0 Å². The van der Waals surface area contributed by atoms with Crippen LogP contribution in [0.5, 0.6) is 0 Å². The largest absolute Gasteiger partial charge is 0.382 e. The molecule has 1 aromatic heterocycles. The highest BCUT2D eigenvalue weighted by Gasteiger charge is 2.22. The lowest BCUT2D eigenvalue weighted by Crippen LogP contribution is -2.37. The van der Waals surface area contributed by atoms with Crippen LogP contribution in [0.1, 0.15) is 21.5 Å². The Labute approximate surface area is 160 Å². The van der Waals surface area contributed by atoms with Gasteiger partial charge in [-0.3, -0.25) is 15.0 Å². The van der Waals surface area contributed by atoms with Crippen LogP contribution >= 0.6 is 0 Å². The number of hydrogen-bond donors (Lipinski definition) is 3. The zero-order valence-corrected chi connectivity index (χ0v) is 14.5. The van der Waals surface area contributed by atoms with Crippen LogP contribution in [-0.4, -0.2) is 10.6 Å². The molecule has 0 fully saturated rings. The van der Waals surface area contributed by atoms with E-state index in [-0.39, 0.29) is 28.2 Å². The van der Waals surface area contributed by atoms with Gasteiger partial charge in [-0.2, -0.15) is 15.2 Å². The number of nitrogen functional groups attached to an aromatic ring is 1. The first-order valence-electron chi connectivity index (χ1n) is 8.14. The summed E-state index contributed by atoms with van der Waals surface area (Å²) in [5.41, 5.74) is 7.85. The molecule has 2 aromatic carbocycles. The van der Waals surface area contributed by atoms with Crippen molar-refractivity contribution in [3.05, 3.63) is 87.7 Å². The van der Waals surface area contributed by atoms with Crippen LogP contribution in [0.25, 0.3) is 0 Å². The fraction of sp³-hybridized carbons (Fsp3) is 0. The molecule has 3 rings (SSSR count). The number of nitrogens with zero attached hydrogens (tertiary/aromatic N) is 3. The molecule has 0 bridgehead atoms. The van der Waals surface area contributed by atoms with E-state index >= 15 is 0 Å². The van der Waals surface area contributed by atoms with Gasteiger partial charge in [-0.1, -0.05) is 36.4 Å². The highest BCUT2D eigenvalue weighted by molar-refractivity contribution is 6.00. The number of carbonyl (C=O) groups excluding carboxylic acids is 1. The van der Waals surface area contributed by atoms with Crippen LogP contribution in [0.15, 0.2) is 65.5 Å². The van der Waals surface area contributed by atoms with Crippen LogP contribution in [-0.2, 0) is 0 Å². The third kappa shape index (κ3) is 3.39. The average molecular weight is 370 g/mol. The first-order valence-corrected chi connectivity index (χ1v) is 8.14. The fourth-order valence-corrected chi connectivity index (χ4v) is 2.57. The topological polar surface area (TPSA) is 137 Å². The van der Waals surface area contributed by atoms with E-state index < -0.39 is 11.5 Å². The number of nitriles is 2. The highest BCUT2D eigenvalue weighted by Crippen LogP contribution is 2.26. The predicted octanol–water partition coefficient (Wildman–Crippen LogP) is 2.30. The molecule has 1 amide bonds.